The maximum absolute atomic E-state index is 11.1. The van der Waals surface area contributed by atoms with Crippen molar-refractivity contribution < 1.29 is 14.3 Å². The molecule has 0 aromatic heterocycles. The van der Waals surface area contributed by atoms with Crippen LogP contribution >= 0.6 is 0 Å². The Labute approximate surface area is 114 Å². The van der Waals surface area contributed by atoms with E-state index in [0.29, 0.717) is 6.61 Å². The molecule has 0 amide bonds. The molecule has 4 heteroatoms. The number of ether oxygens (including phenoxy) is 1. The number of rotatable bonds is 8. The molecular weight excluding hydrogens is 242 g/mol. The zero-order valence-corrected chi connectivity index (χ0v) is 11.6. The first kappa shape index (κ1) is 15.4. The highest BCUT2D eigenvalue weighted by Gasteiger charge is 2.06. The van der Waals surface area contributed by atoms with E-state index in [1.165, 1.54) is 12.5 Å². The van der Waals surface area contributed by atoms with E-state index in [1.54, 1.807) is 0 Å². The van der Waals surface area contributed by atoms with E-state index < -0.39 is 5.97 Å². The largest absolute Gasteiger partial charge is 0.465 e. The Hall–Kier alpha value is -1.68. The van der Waals surface area contributed by atoms with E-state index in [-0.39, 0.29) is 12.2 Å². The standard InChI is InChI=1S/C15H21NO3/c1-13(17)11-15(18)19-10-6-9-16(2)12-14-7-4-3-5-8-14/h3-5,7-8H,6,9-12H2,1-2H3. The third-order valence-corrected chi connectivity index (χ3v) is 2.64. The molecule has 1 rings (SSSR count). The Kier molecular flexibility index (Phi) is 6.82. The van der Waals surface area contributed by atoms with Crippen LogP contribution in [-0.4, -0.2) is 36.9 Å². The molecule has 0 heterocycles. The van der Waals surface area contributed by atoms with E-state index in [0.717, 1.165) is 19.5 Å². The smallest absolute Gasteiger partial charge is 0.313 e. The first-order valence-corrected chi connectivity index (χ1v) is 6.45. The number of hydrogen-bond acceptors (Lipinski definition) is 4. The molecule has 0 N–H and O–H groups in total. The van der Waals surface area contributed by atoms with Crippen molar-refractivity contribution in [1.82, 2.24) is 4.90 Å². The van der Waals surface area contributed by atoms with E-state index in [1.807, 2.05) is 25.2 Å². The third-order valence-electron chi connectivity index (χ3n) is 2.64. The molecule has 0 radical (unpaired) electrons. The van der Waals surface area contributed by atoms with Crippen molar-refractivity contribution in [3.8, 4) is 0 Å². The summed E-state index contributed by atoms with van der Waals surface area (Å²) in [5, 5.41) is 0. The van der Waals surface area contributed by atoms with Crippen LogP contribution in [0.4, 0.5) is 0 Å². The van der Waals surface area contributed by atoms with Crippen LogP contribution in [0.15, 0.2) is 30.3 Å². The van der Waals surface area contributed by atoms with Crippen molar-refractivity contribution in [2.24, 2.45) is 0 Å². The van der Waals surface area contributed by atoms with Gasteiger partial charge in [-0.05, 0) is 26.0 Å². The van der Waals surface area contributed by atoms with E-state index in [2.05, 4.69) is 17.0 Å². The number of Topliss-reactive ketones (excluding diaryl/α,β-unsaturated/α-hetero) is 1. The lowest BCUT2D eigenvalue weighted by Crippen LogP contribution is -2.21. The summed E-state index contributed by atoms with van der Waals surface area (Å²) in [5.74, 6) is -0.593. The van der Waals surface area contributed by atoms with Gasteiger partial charge in [-0.25, -0.2) is 0 Å². The average Bonchev–Trinajstić information content (AvgIpc) is 2.35. The zero-order valence-electron chi connectivity index (χ0n) is 11.6. The summed E-state index contributed by atoms with van der Waals surface area (Å²) >= 11 is 0. The average molecular weight is 263 g/mol. The Morgan fingerprint density at radius 2 is 1.89 bits per heavy atom. The van der Waals surface area contributed by atoms with Gasteiger partial charge in [0.15, 0.2) is 0 Å². The summed E-state index contributed by atoms with van der Waals surface area (Å²) in [7, 11) is 2.03. The zero-order chi connectivity index (χ0) is 14.1. The SMILES string of the molecule is CC(=O)CC(=O)OCCCN(C)Cc1ccccc1. The first-order valence-electron chi connectivity index (χ1n) is 6.45. The van der Waals surface area contributed by atoms with Gasteiger partial charge in [0.25, 0.3) is 0 Å². The van der Waals surface area contributed by atoms with Gasteiger partial charge in [0.1, 0.15) is 12.2 Å². The van der Waals surface area contributed by atoms with E-state index in [9.17, 15) is 9.59 Å². The van der Waals surface area contributed by atoms with Crippen molar-refractivity contribution in [2.75, 3.05) is 20.2 Å². The van der Waals surface area contributed by atoms with Gasteiger partial charge in [0.05, 0.1) is 6.61 Å². The van der Waals surface area contributed by atoms with Crippen LogP contribution < -0.4 is 0 Å². The molecule has 4 nitrogen and oxygen atoms in total. The normalized spacial score (nSPS) is 10.5. The summed E-state index contributed by atoms with van der Waals surface area (Å²) < 4.78 is 4.97. The van der Waals surface area contributed by atoms with Crippen LogP contribution in [0.1, 0.15) is 25.3 Å². The molecule has 0 unspecified atom stereocenters. The molecular formula is C15H21NO3. The fourth-order valence-electron chi connectivity index (χ4n) is 1.75. The Morgan fingerprint density at radius 1 is 1.21 bits per heavy atom. The molecule has 1 aromatic rings. The number of esters is 1. The van der Waals surface area contributed by atoms with Gasteiger partial charge >= 0.3 is 5.97 Å². The van der Waals surface area contributed by atoms with Crippen LogP contribution in [0.5, 0.6) is 0 Å². The summed E-state index contributed by atoms with van der Waals surface area (Å²) in [5.41, 5.74) is 1.26. The van der Waals surface area contributed by atoms with E-state index >= 15 is 0 Å². The summed E-state index contributed by atoms with van der Waals surface area (Å²) in [4.78, 5) is 24.0. The predicted molar refractivity (Wildman–Crippen MR) is 73.7 cm³/mol. The Morgan fingerprint density at radius 3 is 2.53 bits per heavy atom. The molecule has 0 spiro atoms. The van der Waals surface area contributed by atoms with Crippen LogP contribution in [0, 0.1) is 0 Å². The minimum Gasteiger partial charge on any atom is -0.465 e. The van der Waals surface area contributed by atoms with Gasteiger partial charge in [-0.15, -0.1) is 0 Å². The number of hydrogen-bond donors (Lipinski definition) is 0. The maximum Gasteiger partial charge on any atom is 0.313 e. The fraction of sp³-hybridized carbons (Fsp3) is 0.467. The Balaban J connectivity index is 2.12. The molecule has 0 atom stereocenters. The molecule has 0 saturated heterocycles. The minimum absolute atomic E-state index is 0.125. The first-order chi connectivity index (χ1) is 9.08. The highest BCUT2D eigenvalue weighted by Crippen LogP contribution is 2.03. The number of ketones is 1. The highest BCUT2D eigenvalue weighted by molar-refractivity contribution is 5.94. The molecule has 19 heavy (non-hydrogen) atoms. The quantitative estimate of drug-likeness (QED) is 0.409. The van der Waals surface area contributed by atoms with Gasteiger partial charge in [-0.2, -0.15) is 0 Å². The van der Waals surface area contributed by atoms with Crippen molar-refractivity contribution in [3.63, 3.8) is 0 Å². The van der Waals surface area contributed by atoms with Gasteiger partial charge in [-0.1, -0.05) is 30.3 Å². The highest BCUT2D eigenvalue weighted by atomic mass is 16.5. The molecule has 0 bridgehead atoms. The number of nitrogens with zero attached hydrogens (tertiary/aromatic N) is 1. The number of carbonyl (C=O) groups is 2. The number of benzene rings is 1. The Bertz CT molecular complexity index is 403. The van der Waals surface area contributed by atoms with Gasteiger partial charge in [0.2, 0.25) is 0 Å². The molecule has 0 fully saturated rings. The monoisotopic (exact) mass is 263 g/mol. The van der Waals surface area contributed by atoms with E-state index in [4.69, 9.17) is 4.74 Å². The second kappa shape index (κ2) is 8.43. The predicted octanol–water partition coefficient (Wildman–Crippen LogP) is 2.03. The number of carbonyl (C=O) groups excluding carboxylic acids is 2. The van der Waals surface area contributed by atoms with Crippen molar-refractivity contribution in [2.45, 2.75) is 26.3 Å². The van der Waals surface area contributed by atoms with Crippen molar-refractivity contribution in [3.05, 3.63) is 35.9 Å². The van der Waals surface area contributed by atoms with Crippen LogP contribution in [0.2, 0.25) is 0 Å². The van der Waals surface area contributed by atoms with Gasteiger partial charge < -0.3 is 9.64 Å². The summed E-state index contributed by atoms with van der Waals surface area (Å²) in [6, 6.07) is 10.2. The summed E-state index contributed by atoms with van der Waals surface area (Å²) in [6.07, 6.45) is 0.646. The fourth-order valence-corrected chi connectivity index (χ4v) is 1.75. The van der Waals surface area contributed by atoms with Gasteiger partial charge in [0, 0.05) is 13.1 Å². The molecule has 0 aliphatic rings. The maximum atomic E-state index is 11.1. The molecule has 104 valence electrons. The van der Waals surface area contributed by atoms with Crippen LogP contribution in [-0.2, 0) is 20.9 Å². The van der Waals surface area contributed by atoms with Crippen molar-refractivity contribution >= 4 is 11.8 Å². The lowest BCUT2D eigenvalue weighted by molar-refractivity contribution is -0.145. The molecule has 1 aromatic carbocycles. The van der Waals surface area contributed by atoms with Crippen LogP contribution in [0.3, 0.4) is 0 Å². The summed E-state index contributed by atoms with van der Waals surface area (Å²) in [6.45, 7) is 3.48. The van der Waals surface area contributed by atoms with Crippen molar-refractivity contribution in [1.29, 1.82) is 0 Å². The van der Waals surface area contributed by atoms with Gasteiger partial charge in [-0.3, -0.25) is 9.59 Å². The second-order valence-electron chi connectivity index (χ2n) is 4.68. The molecule has 0 saturated carbocycles. The topological polar surface area (TPSA) is 46.6 Å². The van der Waals surface area contributed by atoms with Crippen LogP contribution in [0.25, 0.3) is 0 Å². The second-order valence-corrected chi connectivity index (χ2v) is 4.68. The minimum atomic E-state index is -0.432. The lowest BCUT2D eigenvalue weighted by Gasteiger charge is -2.16. The third kappa shape index (κ3) is 7.36. The molecule has 0 aliphatic carbocycles. The lowest BCUT2D eigenvalue weighted by atomic mass is 10.2. The molecule has 0 aliphatic heterocycles.